The predicted molar refractivity (Wildman–Crippen MR) is 112 cm³/mol. The Kier molecular flexibility index (Phi) is 6.55. The molecule has 1 aliphatic heterocycles. The first-order chi connectivity index (χ1) is 13.4. The van der Waals surface area contributed by atoms with Crippen LogP contribution in [0, 0.1) is 12.7 Å². The van der Waals surface area contributed by atoms with E-state index in [1.165, 1.54) is 12.5 Å². The number of benzene rings is 2. The second-order valence-electron chi connectivity index (χ2n) is 7.75. The third-order valence-corrected chi connectivity index (χ3v) is 5.08. The fourth-order valence-corrected chi connectivity index (χ4v) is 3.56. The summed E-state index contributed by atoms with van der Waals surface area (Å²) in [6.45, 7) is 7.81. The Labute approximate surface area is 166 Å². The summed E-state index contributed by atoms with van der Waals surface area (Å²) in [6.07, 6.45) is 3.38. The lowest BCUT2D eigenvalue weighted by atomic mass is 10.0. The van der Waals surface area contributed by atoms with Gasteiger partial charge in [0.15, 0.2) is 6.61 Å². The van der Waals surface area contributed by atoms with Crippen molar-refractivity contribution in [1.29, 1.82) is 0 Å². The molecule has 0 aromatic heterocycles. The topological polar surface area (TPSA) is 41.6 Å². The maximum absolute atomic E-state index is 14.5. The molecule has 4 nitrogen and oxygen atoms in total. The van der Waals surface area contributed by atoms with Crippen LogP contribution >= 0.6 is 0 Å². The Morgan fingerprint density at radius 3 is 2.57 bits per heavy atom. The Balaban J connectivity index is 1.61. The van der Waals surface area contributed by atoms with Crippen molar-refractivity contribution in [2.75, 3.05) is 29.9 Å². The van der Waals surface area contributed by atoms with Gasteiger partial charge in [0.25, 0.3) is 5.91 Å². The molecule has 0 saturated carbocycles. The molecule has 1 amide bonds. The van der Waals surface area contributed by atoms with Crippen molar-refractivity contribution in [1.82, 2.24) is 0 Å². The molecule has 2 aromatic carbocycles. The Morgan fingerprint density at radius 1 is 1.14 bits per heavy atom. The van der Waals surface area contributed by atoms with Gasteiger partial charge in [-0.05, 0) is 67.5 Å². The summed E-state index contributed by atoms with van der Waals surface area (Å²) in [6, 6.07) is 10.9. The SMILES string of the molecule is Cc1ccc(C(C)C)c(OCC(=O)Nc2ccc(N3CCCCC3)c(F)c2)c1. The lowest BCUT2D eigenvalue weighted by molar-refractivity contribution is -0.118. The minimum absolute atomic E-state index is 0.112. The van der Waals surface area contributed by atoms with Crippen LogP contribution in [0.4, 0.5) is 15.8 Å². The first-order valence-corrected chi connectivity index (χ1v) is 10.0. The van der Waals surface area contributed by atoms with E-state index in [0.717, 1.165) is 42.8 Å². The molecule has 1 heterocycles. The van der Waals surface area contributed by atoms with Crippen molar-refractivity contribution in [3.63, 3.8) is 0 Å². The number of halogens is 1. The monoisotopic (exact) mass is 384 g/mol. The summed E-state index contributed by atoms with van der Waals surface area (Å²) in [5.74, 6) is 0.412. The molecule has 1 fully saturated rings. The third-order valence-electron chi connectivity index (χ3n) is 5.08. The highest BCUT2D eigenvalue weighted by molar-refractivity contribution is 5.92. The van der Waals surface area contributed by atoms with Crippen LogP contribution in [0.5, 0.6) is 5.75 Å². The van der Waals surface area contributed by atoms with E-state index in [0.29, 0.717) is 17.3 Å². The van der Waals surface area contributed by atoms with Gasteiger partial charge in [-0.1, -0.05) is 26.0 Å². The molecule has 0 atom stereocenters. The van der Waals surface area contributed by atoms with Gasteiger partial charge < -0.3 is 15.0 Å². The molecular weight excluding hydrogens is 355 g/mol. The van der Waals surface area contributed by atoms with Gasteiger partial charge in [-0.3, -0.25) is 4.79 Å². The zero-order chi connectivity index (χ0) is 20.1. The molecular formula is C23H29FN2O2. The van der Waals surface area contributed by atoms with Crippen LogP contribution in [0.15, 0.2) is 36.4 Å². The molecule has 5 heteroatoms. The van der Waals surface area contributed by atoms with Crippen LogP contribution in [-0.2, 0) is 4.79 Å². The van der Waals surface area contributed by atoms with Crippen LogP contribution in [0.25, 0.3) is 0 Å². The zero-order valence-electron chi connectivity index (χ0n) is 16.9. The Hall–Kier alpha value is -2.56. The van der Waals surface area contributed by atoms with E-state index in [9.17, 15) is 9.18 Å². The second-order valence-corrected chi connectivity index (χ2v) is 7.75. The summed E-state index contributed by atoms with van der Waals surface area (Å²) in [4.78, 5) is 14.3. The average molecular weight is 384 g/mol. The molecule has 2 aromatic rings. The highest BCUT2D eigenvalue weighted by Crippen LogP contribution is 2.28. The highest BCUT2D eigenvalue weighted by Gasteiger charge is 2.16. The number of ether oxygens (including phenoxy) is 1. The molecule has 28 heavy (non-hydrogen) atoms. The van der Waals surface area contributed by atoms with Crippen molar-refractivity contribution in [3.05, 3.63) is 53.3 Å². The minimum atomic E-state index is -0.304. The quantitative estimate of drug-likeness (QED) is 0.738. The number of carbonyl (C=O) groups is 1. The number of amides is 1. The number of nitrogens with zero attached hydrogens (tertiary/aromatic N) is 1. The summed E-state index contributed by atoms with van der Waals surface area (Å²) < 4.78 is 20.2. The number of nitrogens with one attached hydrogen (secondary N) is 1. The maximum Gasteiger partial charge on any atom is 0.262 e. The Morgan fingerprint density at radius 2 is 1.89 bits per heavy atom. The van der Waals surface area contributed by atoms with Gasteiger partial charge in [0.2, 0.25) is 0 Å². The molecule has 3 rings (SSSR count). The fraction of sp³-hybridized carbons (Fsp3) is 0.435. The summed E-state index contributed by atoms with van der Waals surface area (Å²) in [5.41, 5.74) is 3.20. The number of hydrogen-bond acceptors (Lipinski definition) is 3. The molecule has 0 bridgehead atoms. The van der Waals surface area contributed by atoms with Gasteiger partial charge in [0.05, 0.1) is 5.69 Å². The van der Waals surface area contributed by atoms with Crippen LogP contribution in [0.1, 0.15) is 50.2 Å². The van der Waals surface area contributed by atoms with E-state index in [1.54, 1.807) is 12.1 Å². The molecule has 1 N–H and O–H groups in total. The number of carbonyl (C=O) groups excluding carboxylic acids is 1. The van der Waals surface area contributed by atoms with Gasteiger partial charge in [0, 0.05) is 18.8 Å². The van der Waals surface area contributed by atoms with E-state index in [-0.39, 0.29) is 18.3 Å². The molecule has 1 aliphatic rings. The van der Waals surface area contributed by atoms with E-state index >= 15 is 0 Å². The van der Waals surface area contributed by atoms with Gasteiger partial charge in [-0.15, -0.1) is 0 Å². The maximum atomic E-state index is 14.5. The largest absolute Gasteiger partial charge is 0.483 e. The lowest BCUT2D eigenvalue weighted by Crippen LogP contribution is -2.30. The predicted octanol–water partition coefficient (Wildman–Crippen LogP) is 5.27. The van der Waals surface area contributed by atoms with Crippen molar-refractivity contribution in [3.8, 4) is 5.75 Å². The zero-order valence-corrected chi connectivity index (χ0v) is 16.9. The van der Waals surface area contributed by atoms with Crippen LogP contribution < -0.4 is 15.0 Å². The average Bonchev–Trinajstić information content (AvgIpc) is 2.67. The lowest BCUT2D eigenvalue weighted by Gasteiger charge is -2.29. The van der Waals surface area contributed by atoms with E-state index < -0.39 is 0 Å². The number of piperidine rings is 1. The van der Waals surface area contributed by atoms with E-state index in [1.807, 2.05) is 25.1 Å². The first kappa shape index (κ1) is 20.2. The number of aryl methyl sites for hydroxylation is 1. The van der Waals surface area contributed by atoms with Crippen molar-refractivity contribution < 1.29 is 13.9 Å². The summed E-state index contributed by atoms with van der Waals surface area (Å²) in [5, 5.41) is 2.72. The van der Waals surface area contributed by atoms with Crippen LogP contribution in [0.2, 0.25) is 0 Å². The standard InChI is InChI=1S/C23H29FN2O2/c1-16(2)19-9-7-17(3)13-22(19)28-15-23(27)25-18-8-10-21(20(24)14-18)26-11-5-4-6-12-26/h7-10,13-14,16H,4-6,11-12,15H2,1-3H3,(H,25,27). The highest BCUT2D eigenvalue weighted by atomic mass is 19.1. The molecule has 150 valence electrons. The second kappa shape index (κ2) is 9.09. The summed E-state index contributed by atoms with van der Waals surface area (Å²) in [7, 11) is 0. The molecule has 0 aliphatic carbocycles. The number of anilines is 2. The number of rotatable bonds is 6. The van der Waals surface area contributed by atoms with Crippen LogP contribution in [-0.4, -0.2) is 25.6 Å². The van der Waals surface area contributed by atoms with E-state index in [4.69, 9.17) is 4.74 Å². The summed E-state index contributed by atoms with van der Waals surface area (Å²) >= 11 is 0. The smallest absolute Gasteiger partial charge is 0.262 e. The molecule has 0 radical (unpaired) electrons. The van der Waals surface area contributed by atoms with Crippen molar-refractivity contribution >= 4 is 17.3 Å². The van der Waals surface area contributed by atoms with Crippen molar-refractivity contribution in [2.24, 2.45) is 0 Å². The van der Waals surface area contributed by atoms with Gasteiger partial charge in [-0.2, -0.15) is 0 Å². The van der Waals surface area contributed by atoms with Gasteiger partial charge in [0.1, 0.15) is 11.6 Å². The van der Waals surface area contributed by atoms with E-state index in [2.05, 4.69) is 24.1 Å². The molecule has 0 unspecified atom stereocenters. The molecule has 1 saturated heterocycles. The fourth-order valence-electron chi connectivity index (χ4n) is 3.56. The van der Waals surface area contributed by atoms with Crippen molar-refractivity contribution in [2.45, 2.75) is 46.0 Å². The minimum Gasteiger partial charge on any atom is -0.483 e. The number of hydrogen-bond donors (Lipinski definition) is 1. The Bertz CT molecular complexity index is 829. The first-order valence-electron chi connectivity index (χ1n) is 10.0. The van der Waals surface area contributed by atoms with Gasteiger partial charge >= 0.3 is 0 Å². The third kappa shape index (κ3) is 5.03. The van der Waals surface area contributed by atoms with Crippen LogP contribution in [0.3, 0.4) is 0 Å². The molecule has 0 spiro atoms. The van der Waals surface area contributed by atoms with Gasteiger partial charge in [-0.25, -0.2) is 4.39 Å². The normalized spacial score (nSPS) is 14.2.